The monoisotopic (exact) mass is 192 g/mol. The topological polar surface area (TPSA) is 0 Å². The largest absolute Gasteiger partial charge is 0.0776 e. The molecule has 1 atom stereocenters. The second-order valence-corrected chi connectivity index (χ2v) is 0. The van der Waals surface area contributed by atoms with Crippen LogP contribution in [0.3, 0.4) is 0 Å². The quantitative estimate of drug-likeness (QED) is 0.408. The highest BCUT2D eigenvalue weighted by Gasteiger charge is 0.934. The number of rotatable bonds is 0. The fourth-order valence-corrected chi connectivity index (χ4v) is 0. The molecule has 0 amide bonds. The summed E-state index contributed by atoms with van der Waals surface area (Å²) in [5.41, 5.74) is 0. The van der Waals surface area contributed by atoms with Gasteiger partial charge in [0.25, 0.3) is 0 Å². The van der Waals surface area contributed by atoms with Crippen molar-refractivity contribution in [3.63, 3.8) is 0 Å². The summed E-state index contributed by atoms with van der Waals surface area (Å²) in [5.74, 6) is 0. The molecule has 1 unspecified atom stereocenters. The van der Waals surface area contributed by atoms with Crippen molar-refractivity contribution in [2.45, 2.75) is 14.9 Å². The Morgan fingerprint density at radius 1 is 1.00 bits per heavy atom. The van der Waals surface area contributed by atoms with Crippen molar-refractivity contribution in [3.8, 4) is 0 Å². The molecule has 0 radical (unpaired) electrons. The Labute approximate surface area is 44.1 Å². The van der Waals surface area contributed by atoms with Crippen molar-refractivity contribution >= 4 is 28.9 Å². The van der Waals surface area contributed by atoms with E-state index in [0.717, 1.165) is 0 Å². The molecule has 4 heavy (non-hydrogen) atoms. The SMILES string of the molecule is C.C.PI. The highest BCUT2D eigenvalue weighted by atomic mass is 127. The van der Waals surface area contributed by atoms with Gasteiger partial charge in [0, 0.05) is 0 Å². The van der Waals surface area contributed by atoms with Gasteiger partial charge in [-0.15, -0.1) is 0 Å². The molecule has 0 fully saturated rings. The lowest BCUT2D eigenvalue weighted by molar-refractivity contribution is 2.50. The van der Waals surface area contributed by atoms with E-state index in [9.17, 15) is 0 Å². The standard InChI is InChI=1S/2CH4.H2IP/c;;1-2/h2*1H4;2H2. The van der Waals surface area contributed by atoms with Crippen LogP contribution in [0.4, 0.5) is 0 Å². The molecule has 0 aromatic carbocycles. The van der Waals surface area contributed by atoms with Crippen LogP contribution >= 0.6 is 28.9 Å². The van der Waals surface area contributed by atoms with Crippen LogP contribution in [0.25, 0.3) is 0 Å². The smallest absolute Gasteiger partial charge is 0.0610 e. The molecule has 0 rings (SSSR count). The molecule has 0 aliphatic rings. The van der Waals surface area contributed by atoms with E-state index in [0.29, 0.717) is 0 Å². The molecule has 0 aliphatic carbocycles. The molecule has 0 spiro atoms. The third-order valence-electron chi connectivity index (χ3n) is 0. The normalized spacial score (nSPS) is 1.50. The van der Waals surface area contributed by atoms with Crippen LogP contribution in [-0.4, -0.2) is 0 Å². The van der Waals surface area contributed by atoms with Crippen LogP contribution in [-0.2, 0) is 0 Å². The van der Waals surface area contributed by atoms with E-state index < -0.39 is 0 Å². The van der Waals surface area contributed by atoms with Gasteiger partial charge in [0.05, 0.1) is 0 Å². The maximum atomic E-state index is 2.39. The van der Waals surface area contributed by atoms with Gasteiger partial charge in [-0.2, -0.15) is 0 Å². The summed E-state index contributed by atoms with van der Waals surface area (Å²) in [4.78, 5) is 0. The fourth-order valence-electron chi connectivity index (χ4n) is 0. The van der Waals surface area contributed by atoms with Crippen LogP contribution in [0, 0.1) is 0 Å². The highest BCUT2D eigenvalue weighted by molar-refractivity contribution is 14.2. The first kappa shape index (κ1) is 19.1. The van der Waals surface area contributed by atoms with Gasteiger partial charge in [0.2, 0.25) is 0 Å². The summed E-state index contributed by atoms with van der Waals surface area (Å²) in [6.45, 7) is 2.39. The number of hydrogen-bond acceptors (Lipinski definition) is 0. The zero-order valence-corrected chi connectivity index (χ0v) is 4.27. The summed E-state index contributed by atoms with van der Waals surface area (Å²) in [5, 5.41) is 0. The van der Waals surface area contributed by atoms with Crippen LogP contribution in [0.5, 0.6) is 0 Å². The van der Waals surface area contributed by atoms with E-state index in [4.69, 9.17) is 0 Å². The van der Waals surface area contributed by atoms with E-state index in [1.165, 1.54) is 0 Å². The second kappa shape index (κ2) is 30.9. The maximum absolute atomic E-state index is 2.39. The summed E-state index contributed by atoms with van der Waals surface area (Å²) in [6.07, 6.45) is 0. The molecule has 2 heteroatoms. The average molecular weight is 192 g/mol. The van der Waals surface area contributed by atoms with Crippen LogP contribution in [0.2, 0.25) is 0 Å². The summed E-state index contributed by atoms with van der Waals surface area (Å²) in [6, 6.07) is 0. The van der Waals surface area contributed by atoms with Crippen molar-refractivity contribution in [1.82, 2.24) is 0 Å². The first-order valence-corrected chi connectivity index (χ1v) is 4.39. The van der Waals surface area contributed by atoms with E-state index >= 15 is 0 Å². The molecule has 0 heterocycles. The lowest BCUT2D eigenvalue weighted by Crippen LogP contribution is -0.127. The van der Waals surface area contributed by atoms with Crippen LogP contribution in [0.15, 0.2) is 0 Å². The zero-order valence-electron chi connectivity index (χ0n) is 0.955. The fraction of sp³-hybridized carbons (Fsp3) is 1.00. The molecule has 0 N–H and O–H groups in total. The van der Waals surface area contributed by atoms with Crippen LogP contribution in [0.1, 0.15) is 14.9 Å². The van der Waals surface area contributed by atoms with Gasteiger partial charge in [-0.05, 0) is 0 Å². The second-order valence-electron chi connectivity index (χ2n) is 0. The molecule has 0 aromatic rings. The molecular formula is C2H10IP. The molecule has 0 aliphatic heterocycles. The third-order valence-corrected chi connectivity index (χ3v) is 0. The Hall–Kier alpha value is 1.16. The van der Waals surface area contributed by atoms with Crippen molar-refractivity contribution in [1.29, 1.82) is 0 Å². The Morgan fingerprint density at radius 2 is 1.00 bits per heavy atom. The van der Waals surface area contributed by atoms with E-state index in [1.54, 1.807) is 0 Å². The van der Waals surface area contributed by atoms with Crippen molar-refractivity contribution in [2.75, 3.05) is 0 Å². The molecule has 30 valence electrons. The minimum absolute atomic E-state index is 0. The molecule has 0 aromatic heterocycles. The van der Waals surface area contributed by atoms with Gasteiger partial charge in [-0.25, -0.2) is 0 Å². The maximum Gasteiger partial charge on any atom is -0.0610 e. The van der Waals surface area contributed by atoms with Gasteiger partial charge in [0.1, 0.15) is 0 Å². The average Bonchev–Trinajstić information content (AvgIpc) is 1.00. The molecule has 0 saturated carbocycles. The van der Waals surface area contributed by atoms with Gasteiger partial charge >= 0.3 is 0 Å². The minimum Gasteiger partial charge on any atom is -0.0776 e. The molecule has 0 saturated heterocycles. The van der Waals surface area contributed by atoms with Gasteiger partial charge in [-0.1, -0.05) is 43.8 Å². The summed E-state index contributed by atoms with van der Waals surface area (Å²) < 4.78 is 0. The highest BCUT2D eigenvalue weighted by Crippen LogP contribution is 1.87. The first-order valence-electron chi connectivity index (χ1n) is 0.218. The molecule has 0 nitrogen and oxygen atoms in total. The predicted octanol–water partition coefficient (Wildman–Crippen LogP) is 2.48. The Balaban J connectivity index is -0.00000000500. The minimum atomic E-state index is 0. The van der Waals surface area contributed by atoms with Gasteiger partial charge in [-0.3, -0.25) is 0 Å². The molecular weight excluding hydrogens is 182 g/mol. The summed E-state index contributed by atoms with van der Waals surface area (Å²) >= 11 is 2.07. The lowest BCUT2D eigenvalue weighted by atomic mass is 12.0. The Morgan fingerprint density at radius 3 is 1.00 bits per heavy atom. The predicted molar refractivity (Wildman–Crippen MR) is 37.2 cm³/mol. The van der Waals surface area contributed by atoms with E-state index in [2.05, 4.69) is 28.9 Å². The number of halogens is 1. The van der Waals surface area contributed by atoms with Gasteiger partial charge in [0.15, 0.2) is 0 Å². The Kier molecular flexibility index (Phi) is 148. The van der Waals surface area contributed by atoms with Crippen molar-refractivity contribution < 1.29 is 0 Å². The zero-order chi connectivity index (χ0) is 2.00. The first-order chi connectivity index (χ1) is 1.00. The lowest BCUT2D eigenvalue weighted by Gasteiger charge is -1.07. The van der Waals surface area contributed by atoms with Crippen molar-refractivity contribution in [2.24, 2.45) is 0 Å². The van der Waals surface area contributed by atoms with Crippen LogP contribution < -0.4 is 0 Å². The van der Waals surface area contributed by atoms with Gasteiger partial charge < -0.3 is 0 Å². The van der Waals surface area contributed by atoms with E-state index in [-0.39, 0.29) is 14.9 Å². The number of hydrogen-bond donors (Lipinski definition) is 0. The third kappa shape index (κ3) is 11.0. The van der Waals surface area contributed by atoms with Crippen molar-refractivity contribution in [3.05, 3.63) is 0 Å². The Bertz CT molecular complexity index is 6.00. The molecule has 0 bridgehead atoms. The summed E-state index contributed by atoms with van der Waals surface area (Å²) in [7, 11) is 0. The van der Waals surface area contributed by atoms with E-state index in [1.807, 2.05) is 0 Å².